The first-order valence-corrected chi connectivity index (χ1v) is 16.4. The maximum absolute atomic E-state index is 11.4. The normalized spacial score (nSPS) is 10.6. The van der Waals surface area contributed by atoms with E-state index in [-0.39, 0.29) is 67.2 Å². The van der Waals surface area contributed by atoms with E-state index >= 15 is 0 Å². The summed E-state index contributed by atoms with van der Waals surface area (Å²) in [5.74, 6) is -0.0188. The van der Waals surface area contributed by atoms with Crippen molar-refractivity contribution in [2.24, 2.45) is 20.5 Å². The van der Waals surface area contributed by atoms with E-state index in [1.54, 1.807) is 60.7 Å². The van der Waals surface area contributed by atoms with Gasteiger partial charge >= 0.3 is 77.8 Å². The van der Waals surface area contributed by atoms with Crippen molar-refractivity contribution < 1.29 is 99.9 Å². The number of nitrogens with two attached hydrogens (primary N) is 1. The number of benzene rings is 6. The van der Waals surface area contributed by atoms with Gasteiger partial charge in [-0.1, -0.05) is 35.0 Å². The van der Waals surface area contributed by atoms with Gasteiger partial charge in [-0.25, -0.2) is 8.42 Å². The zero-order chi connectivity index (χ0) is 35.0. The minimum Gasteiger partial charge on any atom is -0.744 e. The maximum Gasteiger partial charge on any atom is 1.00 e. The number of aromatic hydroxyl groups is 1. The van der Waals surface area contributed by atoms with Crippen molar-refractivity contribution >= 4 is 92.1 Å². The number of azo groups is 2. The second kappa shape index (κ2) is 20.0. The molecule has 51 heavy (non-hydrogen) atoms. The van der Waals surface area contributed by atoms with E-state index in [1.807, 2.05) is 12.1 Å². The van der Waals surface area contributed by atoms with Crippen molar-refractivity contribution in [1.29, 1.82) is 0 Å². The molecule has 0 spiro atoms. The Bertz CT molecular complexity index is 2570. The van der Waals surface area contributed by atoms with Gasteiger partial charge in [0.05, 0.1) is 10.6 Å². The van der Waals surface area contributed by atoms with Gasteiger partial charge in [-0.2, -0.15) is 51.7 Å². The molecule has 244 valence electrons. The minimum atomic E-state index is -4.58. The minimum absolute atomic E-state index is 0. The van der Waals surface area contributed by atoms with Crippen LogP contribution < -0.4 is 62.3 Å². The number of phenolic OH excluding ortho intramolecular Hbond substituents is 1. The number of hydrogen-bond donors (Lipinski definition) is 2. The van der Waals surface area contributed by atoms with Crippen molar-refractivity contribution in [2.45, 2.75) is 4.90 Å². The molecule has 0 heterocycles. The predicted octanol–water partition coefficient (Wildman–Crippen LogP) is -3.23. The van der Waals surface area contributed by atoms with Crippen LogP contribution in [0.25, 0.3) is 32.3 Å². The molecule has 6 aromatic rings. The van der Waals surface area contributed by atoms with Crippen LogP contribution in [-0.2, 0) is 31.3 Å². The van der Waals surface area contributed by atoms with E-state index in [4.69, 9.17) is 31.0 Å². The third-order valence-electron chi connectivity index (χ3n) is 6.40. The Kier molecular flexibility index (Phi) is 17.6. The molecule has 0 aromatic heterocycles. The van der Waals surface area contributed by atoms with Crippen LogP contribution in [0.1, 0.15) is 0 Å². The van der Waals surface area contributed by atoms with Gasteiger partial charge in [-0.05, 0) is 36.0 Å². The number of nitrogens with zero attached hydrogens (tertiary/aromatic N) is 4. The molecule has 0 atom stereocenters. The molecular weight excluding hydrogens is 707 g/mol. The van der Waals surface area contributed by atoms with Gasteiger partial charge in [-0.15, -0.1) is 53.3 Å². The SMILES string of the molecule is Nc1cccc2c(N=Nc3ccc(N=Nc4[c-]cc5ccc(S(=O)(=O)[O-])cc5c4)c4cc[c-]cc34)c(O)ccc12.O=S(=O)=O.O=S(=O)=O.[Li+].[Li+].[Li+]. The Labute approximate surface area is 329 Å². The largest absolute Gasteiger partial charge is 1.00 e. The number of hydrogen-bond acceptors (Lipinski definition) is 15. The van der Waals surface area contributed by atoms with Gasteiger partial charge in [0.1, 0.15) is 21.6 Å². The Hall–Kier alpha value is -4.16. The summed E-state index contributed by atoms with van der Waals surface area (Å²) in [6, 6.07) is 30.9. The van der Waals surface area contributed by atoms with Gasteiger partial charge in [0, 0.05) is 22.1 Å². The summed E-state index contributed by atoms with van der Waals surface area (Å²) in [7, 11) is -10.8. The summed E-state index contributed by atoms with van der Waals surface area (Å²) < 4.78 is 84.9. The zero-order valence-electron chi connectivity index (χ0n) is 26.9. The molecular formula is C30H18Li3N5O10S3. The molecule has 0 aliphatic carbocycles. The summed E-state index contributed by atoms with van der Waals surface area (Å²) >= 11 is 0. The van der Waals surface area contributed by atoms with Crippen molar-refractivity contribution in [3.05, 3.63) is 103 Å². The average molecular weight is 726 g/mol. The van der Waals surface area contributed by atoms with Crippen molar-refractivity contribution in [3.8, 4) is 5.75 Å². The van der Waals surface area contributed by atoms with E-state index in [2.05, 4.69) is 32.6 Å². The molecule has 0 saturated heterocycles. The Morgan fingerprint density at radius 1 is 0.667 bits per heavy atom. The fourth-order valence-electron chi connectivity index (χ4n) is 4.41. The summed E-state index contributed by atoms with van der Waals surface area (Å²) in [6.45, 7) is 0. The summed E-state index contributed by atoms with van der Waals surface area (Å²) in [5.41, 5.74) is 8.40. The number of rotatable bonds is 5. The molecule has 0 aliphatic rings. The molecule has 6 aromatic carbocycles. The van der Waals surface area contributed by atoms with Crippen LogP contribution in [0.5, 0.6) is 5.75 Å². The smallest absolute Gasteiger partial charge is 0.744 e. The van der Waals surface area contributed by atoms with Crippen molar-refractivity contribution in [2.75, 3.05) is 5.73 Å². The van der Waals surface area contributed by atoms with Gasteiger partial charge in [0.2, 0.25) is 0 Å². The van der Waals surface area contributed by atoms with Crippen LogP contribution >= 0.6 is 0 Å². The van der Waals surface area contributed by atoms with Gasteiger partial charge in [-0.3, -0.25) is 0 Å². The molecule has 0 bridgehead atoms. The number of nitrogen functional groups attached to an aromatic ring is 1. The standard InChI is InChI=1S/C30H19N5O4S.3Li.2O3S/c31-26-7-3-6-25-22(26)12-15-29(36)30(25)35-34-28-14-13-27(23-4-1-2-5-24(23)28)33-32-20-10-8-18-9-11-21(40(37,38)39)17-19(18)16-20;;;;2*1-4(2)3/h1,3-9,11-17,36H,31H2,(H,37,38,39);;;;;/q-2;3*+1;;/p-1. The quantitative estimate of drug-likeness (QED) is 0.0587. The monoisotopic (exact) mass is 725 g/mol. The average Bonchev–Trinajstić information content (AvgIpc) is 3.02. The van der Waals surface area contributed by atoms with E-state index < -0.39 is 31.3 Å². The first kappa shape index (κ1) is 44.9. The van der Waals surface area contributed by atoms with E-state index in [1.165, 1.54) is 18.2 Å². The fraction of sp³-hybridized carbons (Fsp3) is 0. The van der Waals surface area contributed by atoms with E-state index in [9.17, 15) is 18.1 Å². The topological polar surface area (TPSA) is 255 Å². The molecule has 0 saturated carbocycles. The maximum atomic E-state index is 11.4. The van der Waals surface area contributed by atoms with Crippen molar-refractivity contribution in [1.82, 2.24) is 0 Å². The number of anilines is 1. The molecule has 0 amide bonds. The second-order valence-corrected chi connectivity index (χ2v) is 11.5. The first-order valence-electron chi connectivity index (χ1n) is 13.0. The van der Waals surface area contributed by atoms with E-state index in [0.717, 1.165) is 16.2 Å². The second-order valence-electron chi connectivity index (χ2n) is 9.32. The van der Waals surface area contributed by atoms with Crippen LogP contribution in [0.15, 0.2) is 116 Å². The number of fused-ring (bicyclic) bond motifs is 3. The fourth-order valence-corrected chi connectivity index (χ4v) is 4.92. The third kappa shape index (κ3) is 12.2. The van der Waals surface area contributed by atoms with Crippen LogP contribution in [-0.4, -0.2) is 43.3 Å². The molecule has 0 aliphatic heterocycles. The predicted molar refractivity (Wildman–Crippen MR) is 171 cm³/mol. The van der Waals surface area contributed by atoms with E-state index in [0.29, 0.717) is 44.6 Å². The molecule has 0 fully saturated rings. The Balaban J connectivity index is 0.00000108. The van der Waals surface area contributed by atoms with Gasteiger partial charge in [0.15, 0.2) is 0 Å². The van der Waals surface area contributed by atoms with Gasteiger partial charge < -0.3 is 15.4 Å². The van der Waals surface area contributed by atoms with Crippen LogP contribution in [0.4, 0.5) is 28.4 Å². The summed E-state index contributed by atoms with van der Waals surface area (Å²) in [4.78, 5) is -0.318. The summed E-state index contributed by atoms with van der Waals surface area (Å²) in [5, 5.41) is 32.0. The van der Waals surface area contributed by atoms with Gasteiger partial charge in [0.25, 0.3) is 0 Å². The van der Waals surface area contributed by atoms with Crippen LogP contribution in [0.2, 0.25) is 0 Å². The first-order chi connectivity index (χ1) is 22.7. The number of phenols is 1. The molecule has 3 N–H and O–H groups in total. The Morgan fingerprint density at radius 3 is 1.94 bits per heavy atom. The van der Waals surface area contributed by atoms with Crippen molar-refractivity contribution in [3.63, 3.8) is 0 Å². The molecule has 6 rings (SSSR count). The van der Waals surface area contributed by atoms with Crippen LogP contribution in [0, 0.1) is 12.1 Å². The molecule has 21 heteroatoms. The zero-order valence-corrected chi connectivity index (χ0v) is 29.3. The molecule has 0 unspecified atom stereocenters. The summed E-state index contributed by atoms with van der Waals surface area (Å²) in [6.07, 6.45) is 0. The third-order valence-corrected chi connectivity index (χ3v) is 7.23. The molecule has 0 radical (unpaired) electrons. The molecule has 15 nitrogen and oxygen atoms in total. The Morgan fingerprint density at radius 2 is 1.29 bits per heavy atom. The van der Waals surface area contributed by atoms with Crippen LogP contribution in [0.3, 0.4) is 0 Å².